The lowest BCUT2D eigenvalue weighted by Crippen LogP contribution is -2.24. The summed E-state index contributed by atoms with van der Waals surface area (Å²) >= 11 is 1.20. The number of carbonyl (C=O) groups excluding carboxylic acids is 2. The summed E-state index contributed by atoms with van der Waals surface area (Å²) in [6.07, 6.45) is 0. The molecule has 0 saturated carbocycles. The molecule has 1 atom stereocenters. The third-order valence-electron chi connectivity index (χ3n) is 4.12. The van der Waals surface area contributed by atoms with Crippen molar-refractivity contribution in [3.63, 3.8) is 0 Å². The van der Waals surface area contributed by atoms with Crippen molar-refractivity contribution >= 4 is 33.9 Å². The summed E-state index contributed by atoms with van der Waals surface area (Å²) < 4.78 is 5.25. The van der Waals surface area contributed by atoms with Gasteiger partial charge in [0.25, 0.3) is 5.91 Å². The van der Waals surface area contributed by atoms with Crippen molar-refractivity contribution in [3.8, 4) is 0 Å². The number of rotatable bonds is 4. The number of nitrogens with two attached hydrogens (primary N) is 2. The van der Waals surface area contributed by atoms with Gasteiger partial charge in [0.2, 0.25) is 0 Å². The minimum Gasteiger partial charge on any atom is -0.463 e. The number of benzene rings is 1. The molecule has 0 fully saturated rings. The predicted octanol–water partition coefficient (Wildman–Crippen LogP) is 2.82. The van der Waals surface area contributed by atoms with Crippen LogP contribution < -0.4 is 16.8 Å². The van der Waals surface area contributed by atoms with E-state index in [-0.39, 0.29) is 11.5 Å². The van der Waals surface area contributed by atoms with E-state index < -0.39 is 17.8 Å². The zero-order chi connectivity index (χ0) is 18.1. The van der Waals surface area contributed by atoms with Gasteiger partial charge in [-0.1, -0.05) is 30.3 Å². The Morgan fingerprint density at radius 1 is 1.28 bits per heavy atom. The summed E-state index contributed by atoms with van der Waals surface area (Å²) in [5.74, 6) is -1.40. The van der Waals surface area contributed by atoms with Crippen LogP contribution in [0.4, 0.5) is 10.7 Å². The monoisotopic (exact) mass is 357 g/mol. The number of nitrogens with one attached hydrogen (secondary N) is 1. The lowest BCUT2D eigenvalue weighted by atomic mass is 9.82. The standard InChI is InChI=1S/C18H19N3O3S/c1-3-24-18(23)11-9(2)21-17-13(14(19)15(25-17)16(20)22)12(11)10-7-5-4-6-8-10/h4-8,12,21H,3,19H2,1-2H3,(H2,20,22)/t12-/m1/s1. The van der Waals surface area contributed by atoms with Crippen molar-refractivity contribution in [1.82, 2.24) is 0 Å². The molecule has 1 aromatic heterocycles. The molecule has 5 N–H and O–H groups in total. The number of amides is 1. The van der Waals surface area contributed by atoms with E-state index in [1.54, 1.807) is 6.92 Å². The highest BCUT2D eigenvalue weighted by Gasteiger charge is 2.37. The summed E-state index contributed by atoms with van der Waals surface area (Å²) in [5, 5.41) is 3.90. The van der Waals surface area contributed by atoms with Crippen LogP contribution in [-0.2, 0) is 9.53 Å². The fraction of sp³-hybridized carbons (Fsp3) is 0.222. The number of carbonyl (C=O) groups is 2. The Balaban J connectivity index is 2.24. The van der Waals surface area contributed by atoms with Crippen LogP contribution in [0.1, 0.15) is 40.6 Å². The summed E-state index contributed by atoms with van der Waals surface area (Å²) in [6.45, 7) is 3.85. The lowest BCUT2D eigenvalue weighted by Gasteiger charge is -2.28. The Hall–Kier alpha value is -2.80. The molecule has 0 radical (unpaired) electrons. The predicted molar refractivity (Wildman–Crippen MR) is 98.5 cm³/mol. The Labute approximate surface area is 149 Å². The fourth-order valence-electron chi connectivity index (χ4n) is 3.08. The summed E-state index contributed by atoms with van der Waals surface area (Å²) in [5.41, 5.74) is 14.7. The zero-order valence-electron chi connectivity index (χ0n) is 14.0. The highest BCUT2D eigenvalue weighted by atomic mass is 32.1. The molecule has 6 nitrogen and oxygen atoms in total. The average Bonchev–Trinajstić information content (AvgIpc) is 2.91. The van der Waals surface area contributed by atoms with Crippen LogP contribution in [0.15, 0.2) is 41.6 Å². The maximum absolute atomic E-state index is 12.6. The molecular weight excluding hydrogens is 338 g/mol. The SMILES string of the molecule is CCOC(=O)C1=C(C)Nc2sc(C(N)=O)c(N)c2[C@@H]1c1ccccc1. The summed E-state index contributed by atoms with van der Waals surface area (Å²) in [4.78, 5) is 24.6. The van der Waals surface area contributed by atoms with Crippen LogP contribution >= 0.6 is 11.3 Å². The highest BCUT2D eigenvalue weighted by Crippen LogP contribution is 2.49. The molecule has 0 spiro atoms. The van der Waals surface area contributed by atoms with Crippen molar-refractivity contribution in [3.05, 3.63) is 57.6 Å². The molecule has 7 heteroatoms. The first kappa shape index (κ1) is 17.0. The molecule has 0 unspecified atom stereocenters. The number of thiophene rings is 1. The van der Waals surface area contributed by atoms with E-state index in [1.807, 2.05) is 37.3 Å². The minimum absolute atomic E-state index is 0.273. The van der Waals surface area contributed by atoms with Crippen molar-refractivity contribution in [2.75, 3.05) is 17.7 Å². The van der Waals surface area contributed by atoms with Crippen molar-refractivity contribution in [1.29, 1.82) is 0 Å². The number of hydrogen-bond acceptors (Lipinski definition) is 6. The van der Waals surface area contributed by atoms with E-state index in [1.165, 1.54) is 11.3 Å². The second-order valence-electron chi connectivity index (χ2n) is 5.68. The maximum atomic E-state index is 12.6. The van der Waals surface area contributed by atoms with Crippen molar-refractivity contribution in [2.24, 2.45) is 5.73 Å². The minimum atomic E-state index is -0.583. The van der Waals surface area contributed by atoms with E-state index in [0.717, 1.165) is 10.6 Å². The smallest absolute Gasteiger partial charge is 0.336 e. The van der Waals surface area contributed by atoms with E-state index in [4.69, 9.17) is 16.2 Å². The second-order valence-corrected chi connectivity index (χ2v) is 6.70. The molecule has 1 aromatic carbocycles. The van der Waals surface area contributed by atoms with E-state index in [9.17, 15) is 9.59 Å². The molecule has 0 saturated heterocycles. The topological polar surface area (TPSA) is 107 Å². The van der Waals surface area contributed by atoms with Crippen LogP contribution in [0, 0.1) is 0 Å². The number of esters is 1. The molecule has 2 aromatic rings. The van der Waals surface area contributed by atoms with Crippen LogP contribution in [0.5, 0.6) is 0 Å². The Kier molecular flexibility index (Phi) is 4.50. The van der Waals surface area contributed by atoms with E-state index in [0.29, 0.717) is 22.5 Å². The highest BCUT2D eigenvalue weighted by molar-refractivity contribution is 7.18. The third-order valence-corrected chi connectivity index (χ3v) is 5.27. The molecule has 3 rings (SSSR count). The van der Waals surface area contributed by atoms with Gasteiger partial charge >= 0.3 is 5.97 Å². The molecule has 2 heterocycles. The number of fused-ring (bicyclic) bond motifs is 1. The number of hydrogen-bond donors (Lipinski definition) is 3. The van der Waals surface area contributed by atoms with Crippen LogP contribution in [-0.4, -0.2) is 18.5 Å². The summed E-state index contributed by atoms with van der Waals surface area (Å²) in [7, 11) is 0. The Morgan fingerprint density at radius 2 is 1.96 bits per heavy atom. The van der Waals surface area contributed by atoms with Gasteiger partial charge in [-0.05, 0) is 19.4 Å². The van der Waals surface area contributed by atoms with Gasteiger partial charge in [-0.25, -0.2) is 4.79 Å². The first-order valence-corrected chi connectivity index (χ1v) is 8.69. The molecule has 1 amide bonds. The lowest BCUT2D eigenvalue weighted by molar-refractivity contribution is -0.138. The number of anilines is 2. The molecule has 25 heavy (non-hydrogen) atoms. The normalized spacial score (nSPS) is 16.2. The number of nitrogen functional groups attached to an aromatic ring is 1. The Bertz CT molecular complexity index is 871. The van der Waals surface area contributed by atoms with Gasteiger partial charge in [-0.15, -0.1) is 11.3 Å². The van der Waals surface area contributed by atoms with Crippen molar-refractivity contribution in [2.45, 2.75) is 19.8 Å². The molecule has 1 aliphatic heterocycles. The van der Waals surface area contributed by atoms with Crippen molar-refractivity contribution < 1.29 is 14.3 Å². The van der Waals surface area contributed by atoms with E-state index in [2.05, 4.69) is 5.32 Å². The Morgan fingerprint density at radius 3 is 2.56 bits per heavy atom. The number of allylic oxidation sites excluding steroid dienone is 1. The van der Waals surface area contributed by atoms with Gasteiger partial charge in [0.05, 0.1) is 22.9 Å². The van der Waals surface area contributed by atoms with E-state index >= 15 is 0 Å². The van der Waals surface area contributed by atoms with Crippen LogP contribution in [0.25, 0.3) is 0 Å². The van der Waals surface area contributed by atoms with Gasteiger partial charge in [0.15, 0.2) is 0 Å². The van der Waals surface area contributed by atoms with Gasteiger partial charge in [0, 0.05) is 17.2 Å². The fourth-order valence-corrected chi connectivity index (χ4v) is 4.14. The maximum Gasteiger partial charge on any atom is 0.336 e. The average molecular weight is 357 g/mol. The molecule has 0 bridgehead atoms. The summed E-state index contributed by atoms with van der Waals surface area (Å²) in [6, 6.07) is 9.54. The molecular formula is C18H19N3O3S. The zero-order valence-corrected chi connectivity index (χ0v) is 14.8. The van der Waals surface area contributed by atoms with Crippen LogP contribution in [0.3, 0.4) is 0 Å². The second kappa shape index (κ2) is 6.60. The van der Waals surface area contributed by atoms with Gasteiger partial charge < -0.3 is 21.5 Å². The molecule has 130 valence electrons. The first-order valence-electron chi connectivity index (χ1n) is 7.87. The first-order chi connectivity index (χ1) is 12.0. The number of primary amides is 1. The molecule has 0 aliphatic carbocycles. The van der Waals surface area contributed by atoms with Gasteiger partial charge in [-0.3, -0.25) is 4.79 Å². The quantitative estimate of drug-likeness (QED) is 0.729. The number of ether oxygens (including phenoxy) is 1. The third kappa shape index (κ3) is 2.87. The van der Waals surface area contributed by atoms with Gasteiger partial charge in [-0.2, -0.15) is 0 Å². The largest absolute Gasteiger partial charge is 0.463 e. The molecule has 1 aliphatic rings. The van der Waals surface area contributed by atoms with Crippen LogP contribution in [0.2, 0.25) is 0 Å². The van der Waals surface area contributed by atoms with Gasteiger partial charge in [0.1, 0.15) is 4.88 Å².